The number of carbonyl (C=O) groups excluding carboxylic acids is 3. The average molecular weight is 480 g/mol. The molecule has 1 aliphatic rings. The molecule has 0 bridgehead atoms. The zero-order chi connectivity index (χ0) is 22.4. The fourth-order valence-electron chi connectivity index (χ4n) is 3.42. The third-order valence-electron chi connectivity index (χ3n) is 4.77. The number of aryl methyl sites for hydroxylation is 1. The first-order valence-electron chi connectivity index (χ1n) is 9.82. The molecule has 164 valence electrons. The Morgan fingerprint density at radius 2 is 1.77 bits per heavy atom. The molecule has 1 aliphatic heterocycles. The van der Waals surface area contributed by atoms with Crippen LogP contribution in [0.2, 0.25) is 10.0 Å². The third kappa shape index (κ3) is 6.89. The smallest absolute Gasteiger partial charge is 0.247 e. The van der Waals surface area contributed by atoms with E-state index in [9.17, 15) is 14.4 Å². The third-order valence-corrected chi connectivity index (χ3v) is 6.12. The number of rotatable bonds is 7. The highest BCUT2D eigenvalue weighted by molar-refractivity contribution is 8.00. The van der Waals surface area contributed by atoms with Gasteiger partial charge in [-0.3, -0.25) is 14.4 Å². The van der Waals surface area contributed by atoms with Crippen LogP contribution in [0.3, 0.4) is 0 Å². The van der Waals surface area contributed by atoms with E-state index >= 15 is 0 Å². The molecule has 0 saturated carbocycles. The van der Waals surface area contributed by atoms with Crippen LogP contribution in [0.15, 0.2) is 42.5 Å². The molecule has 6 nitrogen and oxygen atoms in total. The van der Waals surface area contributed by atoms with Gasteiger partial charge in [0, 0.05) is 28.0 Å². The van der Waals surface area contributed by atoms with E-state index in [1.54, 1.807) is 23.1 Å². The van der Waals surface area contributed by atoms with Gasteiger partial charge in [-0.15, -0.1) is 11.8 Å². The summed E-state index contributed by atoms with van der Waals surface area (Å²) in [5, 5.41) is 6.44. The van der Waals surface area contributed by atoms with Gasteiger partial charge in [0.15, 0.2) is 0 Å². The number of likely N-dealkylation sites (tertiary alicyclic amines) is 1. The lowest BCUT2D eigenvalue weighted by molar-refractivity contribution is -0.134. The van der Waals surface area contributed by atoms with Gasteiger partial charge in [-0.2, -0.15) is 0 Å². The van der Waals surface area contributed by atoms with Crippen molar-refractivity contribution in [3.63, 3.8) is 0 Å². The predicted molar refractivity (Wildman–Crippen MR) is 127 cm³/mol. The molecule has 2 N–H and O–H groups in total. The van der Waals surface area contributed by atoms with Gasteiger partial charge in [0.05, 0.1) is 11.5 Å². The van der Waals surface area contributed by atoms with E-state index in [1.807, 2.05) is 31.2 Å². The number of hydrogen-bond acceptors (Lipinski definition) is 4. The van der Waals surface area contributed by atoms with Gasteiger partial charge in [-0.05, 0) is 55.7 Å². The Labute approximate surface area is 195 Å². The number of thioether (sulfide) groups is 1. The summed E-state index contributed by atoms with van der Waals surface area (Å²) in [4.78, 5) is 39.1. The van der Waals surface area contributed by atoms with Crippen molar-refractivity contribution in [3.8, 4) is 0 Å². The SMILES string of the molecule is Cc1cccc(NC(=O)CSCC(=O)N2CCCC2C(=O)Nc2cc(Cl)cc(Cl)c2)c1. The van der Waals surface area contributed by atoms with Gasteiger partial charge >= 0.3 is 0 Å². The van der Waals surface area contributed by atoms with Gasteiger partial charge in [0.25, 0.3) is 0 Å². The summed E-state index contributed by atoms with van der Waals surface area (Å²) >= 11 is 13.2. The maximum absolute atomic E-state index is 12.7. The van der Waals surface area contributed by atoms with E-state index in [-0.39, 0.29) is 29.2 Å². The number of hydrogen-bond donors (Lipinski definition) is 2. The Balaban J connectivity index is 1.48. The summed E-state index contributed by atoms with van der Waals surface area (Å²) < 4.78 is 0. The van der Waals surface area contributed by atoms with Crippen molar-refractivity contribution in [3.05, 3.63) is 58.1 Å². The second-order valence-electron chi connectivity index (χ2n) is 7.30. The lowest BCUT2D eigenvalue weighted by Gasteiger charge is -2.24. The molecule has 9 heteroatoms. The molecule has 3 rings (SSSR count). The van der Waals surface area contributed by atoms with Crippen LogP contribution in [0.4, 0.5) is 11.4 Å². The molecule has 0 radical (unpaired) electrons. The number of anilines is 2. The number of carbonyl (C=O) groups is 3. The molecule has 1 fully saturated rings. The minimum absolute atomic E-state index is 0.133. The van der Waals surface area contributed by atoms with Gasteiger partial charge < -0.3 is 15.5 Å². The Kier molecular flexibility index (Phi) is 8.23. The van der Waals surface area contributed by atoms with E-state index in [0.717, 1.165) is 17.7 Å². The van der Waals surface area contributed by atoms with Gasteiger partial charge in [-0.25, -0.2) is 0 Å². The number of halogens is 2. The van der Waals surface area contributed by atoms with Crippen LogP contribution in [0, 0.1) is 6.92 Å². The van der Waals surface area contributed by atoms with E-state index in [1.165, 1.54) is 11.8 Å². The highest BCUT2D eigenvalue weighted by atomic mass is 35.5. The van der Waals surface area contributed by atoms with E-state index in [4.69, 9.17) is 23.2 Å². The van der Waals surface area contributed by atoms with Gasteiger partial charge in [-0.1, -0.05) is 35.3 Å². The Bertz CT molecular complexity index is 966. The van der Waals surface area contributed by atoms with Crippen molar-refractivity contribution in [2.45, 2.75) is 25.8 Å². The number of amides is 3. The molecule has 0 aromatic heterocycles. The first-order chi connectivity index (χ1) is 14.8. The lowest BCUT2D eigenvalue weighted by atomic mass is 10.2. The number of benzene rings is 2. The van der Waals surface area contributed by atoms with Crippen molar-refractivity contribution < 1.29 is 14.4 Å². The summed E-state index contributed by atoms with van der Waals surface area (Å²) in [6.45, 7) is 2.47. The van der Waals surface area contributed by atoms with Crippen LogP contribution in [0.1, 0.15) is 18.4 Å². The van der Waals surface area contributed by atoms with Crippen LogP contribution < -0.4 is 10.6 Å². The second-order valence-corrected chi connectivity index (χ2v) is 9.16. The Hall–Kier alpha value is -2.22. The molecule has 1 saturated heterocycles. The summed E-state index contributed by atoms with van der Waals surface area (Å²) in [6.07, 6.45) is 1.34. The van der Waals surface area contributed by atoms with Gasteiger partial charge in [0.1, 0.15) is 6.04 Å². The maximum atomic E-state index is 12.7. The fraction of sp³-hybridized carbons (Fsp3) is 0.318. The topological polar surface area (TPSA) is 78.5 Å². The highest BCUT2D eigenvalue weighted by Crippen LogP contribution is 2.25. The molecule has 31 heavy (non-hydrogen) atoms. The summed E-state index contributed by atoms with van der Waals surface area (Å²) in [5.41, 5.74) is 2.28. The lowest BCUT2D eigenvalue weighted by Crippen LogP contribution is -2.44. The molecular weight excluding hydrogens is 457 g/mol. The summed E-state index contributed by atoms with van der Waals surface area (Å²) in [6, 6.07) is 11.8. The summed E-state index contributed by atoms with van der Waals surface area (Å²) in [5.74, 6) is -0.308. The minimum atomic E-state index is -0.549. The first kappa shape index (κ1) is 23.4. The molecule has 1 atom stereocenters. The molecule has 3 amide bonds. The number of nitrogens with zero attached hydrogens (tertiary/aromatic N) is 1. The van der Waals surface area contributed by atoms with Crippen LogP contribution in [-0.2, 0) is 14.4 Å². The largest absolute Gasteiger partial charge is 0.330 e. The molecule has 2 aromatic rings. The van der Waals surface area contributed by atoms with Crippen molar-refractivity contribution in [1.82, 2.24) is 4.90 Å². The number of nitrogens with one attached hydrogen (secondary N) is 2. The average Bonchev–Trinajstić information content (AvgIpc) is 3.17. The molecule has 0 spiro atoms. The summed E-state index contributed by atoms with van der Waals surface area (Å²) in [7, 11) is 0. The highest BCUT2D eigenvalue weighted by Gasteiger charge is 2.34. The molecule has 1 unspecified atom stereocenters. The van der Waals surface area contributed by atoms with E-state index in [0.29, 0.717) is 28.7 Å². The van der Waals surface area contributed by atoms with Crippen molar-refractivity contribution in [2.75, 3.05) is 28.7 Å². The van der Waals surface area contributed by atoms with Crippen molar-refractivity contribution >= 4 is 64.1 Å². The van der Waals surface area contributed by atoms with Crippen molar-refractivity contribution in [1.29, 1.82) is 0 Å². The molecule has 0 aliphatic carbocycles. The molecule has 1 heterocycles. The monoisotopic (exact) mass is 479 g/mol. The van der Waals surface area contributed by atoms with E-state index < -0.39 is 6.04 Å². The molecular formula is C22H23Cl2N3O3S. The minimum Gasteiger partial charge on any atom is -0.330 e. The molecule has 2 aromatic carbocycles. The first-order valence-corrected chi connectivity index (χ1v) is 11.7. The van der Waals surface area contributed by atoms with E-state index in [2.05, 4.69) is 10.6 Å². The van der Waals surface area contributed by atoms with Crippen LogP contribution in [0.5, 0.6) is 0 Å². The normalized spacial score (nSPS) is 15.6. The van der Waals surface area contributed by atoms with Crippen LogP contribution >= 0.6 is 35.0 Å². The van der Waals surface area contributed by atoms with Crippen molar-refractivity contribution in [2.24, 2.45) is 0 Å². The fourth-order valence-corrected chi connectivity index (χ4v) is 4.65. The van der Waals surface area contributed by atoms with Gasteiger partial charge in [0.2, 0.25) is 17.7 Å². The van der Waals surface area contributed by atoms with Crippen LogP contribution in [0.25, 0.3) is 0 Å². The Morgan fingerprint density at radius 3 is 2.48 bits per heavy atom. The quantitative estimate of drug-likeness (QED) is 0.607. The zero-order valence-electron chi connectivity index (χ0n) is 17.0. The zero-order valence-corrected chi connectivity index (χ0v) is 19.3. The standard InChI is InChI=1S/C22H23Cl2N3O3S/c1-14-4-2-5-17(8-14)25-20(28)12-31-13-21(29)27-7-3-6-19(27)22(30)26-18-10-15(23)9-16(24)11-18/h2,4-5,8-11,19H,3,6-7,12-13H2,1H3,(H,25,28)(H,26,30). The maximum Gasteiger partial charge on any atom is 0.247 e. The predicted octanol–water partition coefficient (Wildman–Crippen LogP) is 4.60. The second kappa shape index (κ2) is 10.9. The van der Waals surface area contributed by atoms with Crippen LogP contribution in [-0.4, -0.2) is 46.7 Å². The Morgan fingerprint density at radius 1 is 1.03 bits per heavy atom.